The molecule has 0 aliphatic carbocycles. The zero-order valence-electron chi connectivity index (χ0n) is 11.5. The van der Waals surface area contributed by atoms with Crippen molar-refractivity contribution >= 4 is 21.7 Å². The normalized spacial score (nSPS) is 10.8. The third kappa shape index (κ3) is 3.34. The number of Topliss-reactive ketones (excluding diaryl/α,β-unsaturated/α-hetero) is 1. The van der Waals surface area contributed by atoms with E-state index in [4.69, 9.17) is 0 Å². The first-order chi connectivity index (χ1) is 9.49. The molecule has 0 heterocycles. The number of halogens is 2. The Labute approximate surface area is 127 Å². The lowest BCUT2D eigenvalue weighted by molar-refractivity contribution is 0.0989. The SMILES string of the molecule is CC(C)c1ccc(CC(=O)c2cccc(Br)c2F)cc1. The van der Waals surface area contributed by atoms with Gasteiger partial charge < -0.3 is 0 Å². The Balaban J connectivity index is 2.17. The molecule has 0 amide bonds. The zero-order valence-corrected chi connectivity index (χ0v) is 13.1. The average molecular weight is 335 g/mol. The smallest absolute Gasteiger partial charge is 0.170 e. The Bertz CT molecular complexity index is 617. The van der Waals surface area contributed by atoms with E-state index in [1.165, 1.54) is 11.6 Å². The lowest BCUT2D eigenvalue weighted by Gasteiger charge is -2.07. The van der Waals surface area contributed by atoms with Gasteiger partial charge in [0.25, 0.3) is 0 Å². The highest BCUT2D eigenvalue weighted by Crippen LogP contribution is 2.21. The van der Waals surface area contributed by atoms with Gasteiger partial charge in [-0.2, -0.15) is 0 Å². The number of hydrogen-bond donors (Lipinski definition) is 0. The summed E-state index contributed by atoms with van der Waals surface area (Å²) in [6.07, 6.45) is 0.214. The highest BCUT2D eigenvalue weighted by atomic mass is 79.9. The minimum absolute atomic E-state index is 0.132. The van der Waals surface area contributed by atoms with E-state index in [0.29, 0.717) is 10.4 Å². The maximum absolute atomic E-state index is 13.9. The third-order valence-corrected chi connectivity index (χ3v) is 3.88. The number of benzene rings is 2. The molecule has 1 nitrogen and oxygen atoms in total. The van der Waals surface area contributed by atoms with E-state index < -0.39 is 5.82 Å². The van der Waals surface area contributed by atoms with Crippen molar-refractivity contribution in [3.8, 4) is 0 Å². The summed E-state index contributed by atoms with van der Waals surface area (Å²) in [5.41, 5.74) is 2.26. The molecule has 0 unspecified atom stereocenters. The van der Waals surface area contributed by atoms with Gasteiger partial charge >= 0.3 is 0 Å². The van der Waals surface area contributed by atoms with Crippen LogP contribution in [0.5, 0.6) is 0 Å². The van der Waals surface area contributed by atoms with Crippen LogP contribution in [0.15, 0.2) is 46.9 Å². The molecule has 0 aliphatic rings. The van der Waals surface area contributed by atoms with Crippen molar-refractivity contribution in [1.82, 2.24) is 0 Å². The summed E-state index contributed by atoms with van der Waals surface area (Å²) in [6, 6.07) is 12.7. The van der Waals surface area contributed by atoms with E-state index in [-0.39, 0.29) is 17.8 Å². The van der Waals surface area contributed by atoms with Crippen LogP contribution >= 0.6 is 15.9 Å². The van der Waals surface area contributed by atoms with Crippen molar-refractivity contribution in [3.05, 3.63) is 69.4 Å². The molecule has 0 spiro atoms. The Hall–Kier alpha value is -1.48. The van der Waals surface area contributed by atoms with Crippen LogP contribution < -0.4 is 0 Å². The molecule has 0 aliphatic heterocycles. The first-order valence-electron chi connectivity index (χ1n) is 6.55. The number of hydrogen-bond acceptors (Lipinski definition) is 1. The van der Waals surface area contributed by atoms with Crippen LogP contribution in [0.25, 0.3) is 0 Å². The fourth-order valence-corrected chi connectivity index (χ4v) is 2.39. The van der Waals surface area contributed by atoms with E-state index in [0.717, 1.165) is 5.56 Å². The van der Waals surface area contributed by atoms with Crippen molar-refractivity contribution in [3.63, 3.8) is 0 Å². The summed E-state index contributed by atoms with van der Waals surface area (Å²) in [6.45, 7) is 4.24. The zero-order chi connectivity index (χ0) is 14.7. The molecule has 0 aromatic heterocycles. The van der Waals surface area contributed by atoms with E-state index >= 15 is 0 Å². The molecule has 20 heavy (non-hydrogen) atoms. The van der Waals surface area contributed by atoms with E-state index in [1.54, 1.807) is 12.1 Å². The summed E-state index contributed by atoms with van der Waals surface area (Å²) in [5, 5.41) is 0. The summed E-state index contributed by atoms with van der Waals surface area (Å²) >= 11 is 3.10. The van der Waals surface area contributed by atoms with Crippen LogP contribution in [-0.4, -0.2) is 5.78 Å². The van der Waals surface area contributed by atoms with Crippen molar-refractivity contribution in [2.24, 2.45) is 0 Å². The van der Waals surface area contributed by atoms with Crippen LogP contribution in [0.3, 0.4) is 0 Å². The maximum Gasteiger partial charge on any atom is 0.170 e. The van der Waals surface area contributed by atoms with Gasteiger partial charge in [0.15, 0.2) is 5.78 Å². The van der Waals surface area contributed by atoms with Crippen LogP contribution in [-0.2, 0) is 6.42 Å². The maximum atomic E-state index is 13.9. The Morgan fingerprint density at radius 2 is 1.80 bits per heavy atom. The Morgan fingerprint density at radius 1 is 1.15 bits per heavy atom. The standard InChI is InChI=1S/C17H16BrFO/c1-11(2)13-8-6-12(7-9-13)10-16(20)14-4-3-5-15(18)17(14)19/h3-9,11H,10H2,1-2H3. The topological polar surface area (TPSA) is 17.1 Å². The van der Waals surface area contributed by atoms with Crippen molar-refractivity contribution in [1.29, 1.82) is 0 Å². The first kappa shape index (κ1) is 14.9. The van der Waals surface area contributed by atoms with Crippen molar-refractivity contribution in [2.75, 3.05) is 0 Å². The van der Waals surface area contributed by atoms with E-state index in [1.807, 2.05) is 24.3 Å². The molecule has 0 fully saturated rings. The van der Waals surface area contributed by atoms with Crippen LogP contribution in [0, 0.1) is 5.82 Å². The molecule has 2 aromatic rings. The van der Waals surface area contributed by atoms with Gasteiger partial charge in [-0.15, -0.1) is 0 Å². The highest BCUT2D eigenvalue weighted by molar-refractivity contribution is 9.10. The summed E-state index contributed by atoms with van der Waals surface area (Å²) in [7, 11) is 0. The highest BCUT2D eigenvalue weighted by Gasteiger charge is 2.14. The Kier molecular flexibility index (Phi) is 4.71. The van der Waals surface area contributed by atoms with E-state index in [2.05, 4.69) is 29.8 Å². The predicted molar refractivity (Wildman–Crippen MR) is 82.7 cm³/mol. The molecule has 2 aromatic carbocycles. The minimum atomic E-state index is -0.490. The van der Waals surface area contributed by atoms with Gasteiger partial charge in [-0.05, 0) is 45.1 Å². The molecule has 0 atom stereocenters. The van der Waals surface area contributed by atoms with Crippen LogP contribution in [0.4, 0.5) is 4.39 Å². The van der Waals surface area contributed by atoms with Gasteiger partial charge in [-0.1, -0.05) is 44.2 Å². The fourth-order valence-electron chi connectivity index (χ4n) is 2.02. The number of rotatable bonds is 4. The van der Waals surface area contributed by atoms with Gasteiger partial charge in [-0.3, -0.25) is 4.79 Å². The second-order valence-corrected chi connectivity index (χ2v) is 5.95. The predicted octanol–water partition coefficient (Wildman–Crippen LogP) is 5.14. The molecule has 2 rings (SSSR count). The lowest BCUT2D eigenvalue weighted by Crippen LogP contribution is -2.06. The summed E-state index contributed by atoms with van der Waals surface area (Å²) in [5.74, 6) is -0.236. The second kappa shape index (κ2) is 6.31. The summed E-state index contributed by atoms with van der Waals surface area (Å²) < 4.78 is 14.2. The van der Waals surface area contributed by atoms with Gasteiger partial charge in [0.2, 0.25) is 0 Å². The molecule has 0 N–H and O–H groups in total. The molecule has 0 saturated carbocycles. The lowest BCUT2D eigenvalue weighted by atomic mass is 9.98. The largest absolute Gasteiger partial charge is 0.294 e. The van der Waals surface area contributed by atoms with Crippen molar-refractivity contribution in [2.45, 2.75) is 26.2 Å². The third-order valence-electron chi connectivity index (χ3n) is 3.26. The van der Waals surface area contributed by atoms with Gasteiger partial charge in [0.1, 0.15) is 5.82 Å². The minimum Gasteiger partial charge on any atom is -0.294 e. The molecule has 3 heteroatoms. The van der Waals surface area contributed by atoms with Gasteiger partial charge in [0, 0.05) is 6.42 Å². The fraction of sp³-hybridized carbons (Fsp3) is 0.235. The molecular formula is C17H16BrFO. The quantitative estimate of drug-likeness (QED) is 0.707. The van der Waals surface area contributed by atoms with Crippen LogP contribution in [0.1, 0.15) is 41.3 Å². The molecule has 104 valence electrons. The number of ketones is 1. The molecular weight excluding hydrogens is 319 g/mol. The second-order valence-electron chi connectivity index (χ2n) is 5.10. The van der Waals surface area contributed by atoms with Crippen molar-refractivity contribution < 1.29 is 9.18 Å². The average Bonchev–Trinajstić information content (AvgIpc) is 2.42. The number of carbonyl (C=O) groups is 1. The number of carbonyl (C=O) groups excluding carboxylic acids is 1. The molecule has 0 saturated heterocycles. The monoisotopic (exact) mass is 334 g/mol. The van der Waals surface area contributed by atoms with Gasteiger partial charge in [0.05, 0.1) is 10.0 Å². The summed E-state index contributed by atoms with van der Waals surface area (Å²) in [4.78, 5) is 12.1. The molecule has 0 radical (unpaired) electrons. The first-order valence-corrected chi connectivity index (χ1v) is 7.34. The van der Waals surface area contributed by atoms with Gasteiger partial charge in [-0.25, -0.2) is 4.39 Å². The molecule has 0 bridgehead atoms. The van der Waals surface area contributed by atoms with E-state index in [9.17, 15) is 9.18 Å². The Morgan fingerprint density at radius 3 is 2.40 bits per heavy atom. The van der Waals surface area contributed by atoms with Crippen LogP contribution in [0.2, 0.25) is 0 Å².